The molecule has 0 spiro atoms. The molecule has 14 rings (SSSR count). The van der Waals surface area contributed by atoms with Crippen molar-refractivity contribution in [1.82, 2.24) is 14.9 Å². The standard InChI is InChI=1S/C69H58N6/c1-44-17-16-28-63-64(44)73-69(3,54-23-8-5-9-24-54)75(63)56-38-33-49(34-39-56)67-71-65(48-31-36-55(37-32-48)74-62-27-15-14-26-61(62)70-68(74)50-20-6-4-7-21-50)60-43-53(52-30-29-46-18-10-11-22-51(46)41-52)42-59(66(60)72-67)58-40-35-47-19-12-13-25-57(47)45(58)2/h4-16,18-31,33-45,48,58,65,73H,17,32H2,1-3H3,(H,71,72). The number of nitrogens with one attached hydrogen (secondary N) is 2. The van der Waals surface area contributed by atoms with E-state index in [1.165, 1.54) is 61.1 Å². The van der Waals surface area contributed by atoms with E-state index in [9.17, 15) is 0 Å². The Labute approximate surface area is 439 Å². The van der Waals surface area contributed by atoms with Crippen LogP contribution in [-0.2, 0) is 5.66 Å². The summed E-state index contributed by atoms with van der Waals surface area (Å²) in [7, 11) is 0. The molecule has 3 aliphatic carbocycles. The molecule has 0 saturated carbocycles. The molecule has 2 aliphatic heterocycles. The fourth-order valence-electron chi connectivity index (χ4n) is 12.7. The molecule has 0 radical (unpaired) electrons. The van der Waals surface area contributed by atoms with Crippen LogP contribution in [0.3, 0.4) is 0 Å². The minimum absolute atomic E-state index is 0.0753. The molecule has 1 aromatic heterocycles. The topological polar surface area (TPSA) is 57.5 Å². The average Bonchev–Trinajstić information content (AvgIpc) is 4.06. The SMILES string of the molecule is CC1CC=CC2=C1NC(C)(c1ccccc1)N2c1ccc(C2=NC(C3C=CC(n4c(-c5ccccc5)nc5ccccc54)=CC3)c3cc(-c4ccc5ccccc5c4)cc(C4C=Cc5ccccc5C4C)c3N2)cc1. The highest BCUT2D eigenvalue weighted by atomic mass is 15.4. The quantitative estimate of drug-likeness (QED) is 0.159. The first-order chi connectivity index (χ1) is 36.9. The summed E-state index contributed by atoms with van der Waals surface area (Å²) in [6.45, 7) is 7.04. The number of nitrogens with zero attached hydrogens (tertiary/aromatic N) is 4. The van der Waals surface area contributed by atoms with Crippen LogP contribution in [0, 0.1) is 11.8 Å². The number of hydrogen-bond acceptors (Lipinski definition) is 5. The monoisotopic (exact) mass is 970 g/mol. The summed E-state index contributed by atoms with van der Waals surface area (Å²) in [5, 5.41) is 10.6. The van der Waals surface area contributed by atoms with E-state index in [-0.39, 0.29) is 23.8 Å². The van der Waals surface area contributed by atoms with Gasteiger partial charge in [-0.2, -0.15) is 0 Å². The van der Waals surface area contributed by atoms with E-state index in [4.69, 9.17) is 9.98 Å². The number of imidazole rings is 1. The van der Waals surface area contributed by atoms with Gasteiger partial charge in [0.15, 0.2) is 0 Å². The molecule has 0 amide bonds. The van der Waals surface area contributed by atoms with Crippen molar-refractivity contribution < 1.29 is 0 Å². The Balaban J connectivity index is 0.911. The Morgan fingerprint density at radius 2 is 1.33 bits per heavy atom. The van der Waals surface area contributed by atoms with Crippen molar-refractivity contribution in [3.05, 3.63) is 269 Å². The zero-order valence-electron chi connectivity index (χ0n) is 42.5. The number of aliphatic imine (C=N–C) groups is 1. The lowest BCUT2D eigenvalue weighted by Gasteiger charge is -2.39. The second-order valence-electron chi connectivity index (χ2n) is 21.2. The maximum atomic E-state index is 5.87. The Morgan fingerprint density at radius 3 is 2.16 bits per heavy atom. The smallest absolute Gasteiger partial charge is 0.145 e. The second kappa shape index (κ2) is 18.0. The van der Waals surface area contributed by atoms with Crippen LogP contribution in [0.2, 0.25) is 0 Å². The van der Waals surface area contributed by atoms with Gasteiger partial charge in [0.2, 0.25) is 0 Å². The van der Waals surface area contributed by atoms with E-state index >= 15 is 0 Å². The third-order valence-corrected chi connectivity index (χ3v) is 16.7. The molecule has 5 aliphatic rings. The first kappa shape index (κ1) is 44.9. The van der Waals surface area contributed by atoms with Crippen molar-refractivity contribution >= 4 is 50.8 Å². The summed E-state index contributed by atoms with van der Waals surface area (Å²) < 4.78 is 2.33. The maximum absolute atomic E-state index is 5.87. The Morgan fingerprint density at radius 1 is 0.600 bits per heavy atom. The third-order valence-electron chi connectivity index (χ3n) is 16.7. The van der Waals surface area contributed by atoms with Gasteiger partial charge in [0.05, 0.1) is 22.8 Å². The Hall–Kier alpha value is -8.74. The average molecular weight is 971 g/mol. The molecule has 3 heterocycles. The van der Waals surface area contributed by atoms with Crippen LogP contribution in [0.5, 0.6) is 0 Å². The van der Waals surface area contributed by atoms with Gasteiger partial charge >= 0.3 is 0 Å². The Kier molecular flexibility index (Phi) is 10.8. The van der Waals surface area contributed by atoms with Crippen molar-refractivity contribution in [2.24, 2.45) is 16.8 Å². The van der Waals surface area contributed by atoms with Gasteiger partial charge in [-0.1, -0.05) is 178 Å². The number of para-hydroxylation sites is 2. The molecule has 364 valence electrons. The molecule has 75 heavy (non-hydrogen) atoms. The number of hydrogen-bond donors (Lipinski definition) is 2. The lowest BCUT2D eigenvalue weighted by Crippen LogP contribution is -2.47. The molecule has 0 bridgehead atoms. The predicted molar refractivity (Wildman–Crippen MR) is 311 cm³/mol. The summed E-state index contributed by atoms with van der Waals surface area (Å²) in [6, 6.07) is 68.2. The first-order valence-corrected chi connectivity index (χ1v) is 26.7. The third kappa shape index (κ3) is 7.61. The predicted octanol–water partition coefficient (Wildman–Crippen LogP) is 16.6. The second-order valence-corrected chi connectivity index (χ2v) is 21.2. The van der Waals surface area contributed by atoms with Gasteiger partial charge in [-0.25, -0.2) is 4.98 Å². The zero-order valence-corrected chi connectivity index (χ0v) is 42.5. The van der Waals surface area contributed by atoms with Crippen LogP contribution < -0.4 is 15.5 Å². The summed E-state index contributed by atoms with van der Waals surface area (Å²) in [4.78, 5) is 13.5. The zero-order chi connectivity index (χ0) is 50.2. The highest BCUT2D eigenvalue weighted by Gasteiger charge is 2.45. The largest absolute Gasteiger partial charge is 0.360 e. The molecule has 8 aromatic carbocycles. The minimum Gasteiger partial charge on any atom is -0.360 e. The lowest BCUT2D eigenvalue weighted by atomic mass is 9.74. The van der Waals surface area contributed by atoms with E-state index in [2.05, 4.69) is 271 Å². The fourth-order valence-corrected chi connectivity index (χ4v) is 12.7. The van der Waals surface area contributed by atoms with Crippen LogP contribution in [0.4, 0.5) is 11.4 Å². The van der Waals surface area contributed by atoms with Crippen LogP contribution >= 0.6 is 0 Å². The highest BCUT2D eigenvalue weighted by Crippen LogP contribution is 2.51. The van der Waals surface area contributed by atoms with Gasteiger partial charge in [-0.05, 0) is 137 Å². The van der Waals surface area contributed by atoms with Crippen LogP contribution in [0.15, 0.2) is 241 Å². The van der Waals surface area contributed by atoms with Crippen molar-refractivity contribution in [3.63, 3.8) is 0 Å². The molecule has 6 unspecified atom stereocenters. The number of fused-ring (bicyclic) bond motifs is 4. The van der Waals surface area contributed by atoms with Gasteiger partial charge in [-0.3, -0.25) is 9.56 Å². The van der Waals surface area contributed by atoms with Gasteiger partial charge in [-0.15, -0.1) is 0 Å². The number of allylic oxidation sites excluding steroid dienone is 7. The molecule has 9 aromatic rings. The number of amidine groups is 1. The summed E-state index contributed by atoms with van der Waals surface area (Å²) in [5.74, 6) is 2.67. The highest BCUT2D eigenvalue weighted by molar-refractivity contribution is 6.11. The normalized spacial score (nSPS) is 22.5. The van der Waals surface area contributed by atoms with Crippen molar-refractivity contribution in [2.75, 3.05) is 10.2 Å². The molecule has 2 N–H and O–H groups in total. The molecule has 6 nitrogen and oxygen atoms in total. The first-order valence-electron chi connectivity index (χ1n) is 26.7. The van der Waals surface area contributed by atoms with Gasteiger partial charge < -0.3 is 15.5 Å². The van der Waals surface area contributed by atoms with Crippen molar-refractivity contribution in [2.45, 2.75) is 57.2 Å². The molecular formula is C69H58N6. The number of anilines is 2. The van der Waals surface area contributed by atoms with Gasteiger partial charge in [0.1, 0.15) is 17.3 Å². The van der Waals surface area contributed by atoms with E-state index in [1.54, 1.807) is 0 Å². The maximum Gasteiger partial charge on any atom is 0.145 e. The summed E-state index contributed by atoms with van der Waals surface area (Å²) in [6.07, 6.45) is 18.4. The molecule has 6 heteroatoms. The van der Waals surface area contributed by atoms with E-state index in [1.807, 2.05) is 0 Å². The molecule has 0 saturated heterocycles. The minimum atomic E-state index is -0.466. The lowest BCUT2D eigenvalue weighted by molar-refractivity contribution is 0.421. The number of rotatable bonds is 8. The van der Waals surface area contributed by atoms with E-state index < -0.39 is 5.66 Å². The van der Waals surface area contributed by atoms with Crippen LogP contribution in [0.25, 0.3) is 56.1 Å². The van der Waals surface area contributed by atoms with Crippen molar-refractivity contribution in [3.8, 4) is 22.5 Å². The number of aromatic nitrogens is 2. The van der Waals surface area contributed by atoms with Crippen LogP contribution in [-0.4, -0.2) is 15.4 Å². The number of benzene rings is 8. The molecule has 6 atom stereocenters. The van der Waals surface area contributed by atoms with E-state index in [0.717, 1.165) is 63.7 Å². The Bertz CT molecular complexity index is 3910. The summed E-state index contributed by atoms with van der Waals surface area (Å²) in [5.41, 5.74) is 18.5. The van der Waals surface area contributed by atoms with Crippen LogP contribution in [0.1, 0.15) is 84.9 Å². The van der Waals surface area contributed by atoms with E-state index in [0.29, 0.717) is 5.92 Å². The van der Waals surface area contributed by atoms with Crippen molar-refractivity contribution in [1.29, 1.82) is 0 Å². The molecular weight excluding hydrogens is 913 g/mol. The van der Waals surface area contributed by atoms with Gasteiger partial charge in [0.25, 0.3) is 0 Å². The summed E-state index contributed by atoms with van der Waals surface area (Å²) >= 11 is 0. The molecule has 0 fully saturated rings. The fraction of sp³-hybridized carbons (Fsp3) is 0.159. The van der Waals surface area contributed by atoms with Gasteiger partial charge in [0, 0.05) is 57.2 Å².